The summed E-state index contributed by atoms with van der Waals surface area (Å²) in [7, 11) is 0. The lowest BCUT2D eigenvalue weighted by Gasteiger charge is -2.46. The largest absolute Gasteiger partial charge is 0.490 e. The Balaban J connectivity index is 1.33. The average Bonchev–Trinajstić information content (AvgIpc) is 2.90. The molecule has 3 fully saturated rings. The van der Waals surface area contributed by atoms with Gasteiger partial charge < -0.3 is 29.8 Å². The fraction of sp³-hybridized carbons (Fsp3) is 0.657. The molecule has 1 aliphatic carbocycles. The molecule has 0 radical (unpaired) electrons. The molecule has 5 rings (SSSR count). The van der Waals surface area contributed by atoms with Gasteiger partial charge in [0.25, 0.3) is 11.5 Å². The number of morpholine rings is 1. The molecule has 2 saturated heterocycles. The molecular formula is C35H52N4O5. The number of benzene rings is 1. The Morgan fingerprint density at radius 1 is 0.977 bits per heavy atom. The van der Waals surface area contributed by atoms with Gasteiger partial charge in [0, 0.05) is 73.1 Å². The first-order valence-electron chi connectivity index (χ1n) is 16.5. The summed E-state index contributed by atoms with van der Waals surface area (Å²) in [4.78, 5) is 31.6. The molecule has 9 nitrogen and oxygen atoms in total. The monoisotopic (exact) mass is 608 g/mol. The first-order valence-corrected chi connectivity index (χ1v) is 16.5. The zero-order chi connectivity index (χ0) is 31.7. The lowest BCUT2D eigenvalue weighted by atomic mass is 9.86. The number of rotatable bonds is 9. The second kappa shape index (κ2) is 13.6. The highest BCUT2D eigenvalue weighted by Crippen LogP contribution is 2.36. The van der Waals surface area contributed by atoms with E-state index in [1.807, 2.05) is 32.9 Å². The summed E-state index contributed by atoms with van der Waals surface area (Å²) in [6, 6.07) is 6.52. The molecule has 3 aliphatic rings. The third-order valence-electron chi connectivity index (χ3n) is 9.71. The lowest BCUT2D eigenvalue weighted by Crippen LogP contribution is -2.56. The molecular weight excluding hydrogens is 556 g/mol. The molecule has 9 heteroatoms. The maximum atomic E-state index is 13.7. The van der Waals surface area contributed by atoms with Gasteiger partial charge in [-0.05, 0) is 97.4 Å². The molecule has 1 aromatic heterocycles. The van der Waals surface area contributed by atoms with Gasteiger partial charge in [-0.25, -0.2) is 0 Å². The number of ether oxygens (including phenoxy) is 3. The van der Waals surface area contributed by atoms with E-state index in [0.717, 1.165) is 61.3 Å². The van der Waals surface area contributed by atoms with Gasteiger partial charge in [0.1, 0.15) is 11.9 Å². The summed E-state index contributed by atoms with van der Waals surface area (Å²) < 4.78 is 18.4. The molecule has 1 saturated carbocycles. The summed E-state index contributed by atoms with van der Waals surface area (Å²) in [5.41, 5.74) is 4.39. The van der Waals surface area contributed by atoms with Crippen molar-refractivity contribution in [1.82, 2.24) is 15.2 Å². The molecule has 2 aliphatic heterocycles. The number of H-pyrrole nitrogens is 1. The van der Waals surface area contributed by atoms with Gasteiger partial charge in [0.15, 0.2) is 0 Å². The Labute approximate surface area is 262 Å². The van der Waals surface area contributed by atoms with Gasteiger partial charge in [-0.2, -0.15) is 0 Å². The Hall–Kier alpha value is -2.88. The SMILES string of the molecule is Cc1cc(C)c(CNC(=O)c2cc(OC3CC(N4CC(C)OC(C)C4)C3)cc(NC(C)C3CC(C)OC(C)C3)c2C)c(=O)[nH]1. The van der Waals surface area contributed by atoms with Crippen molar-refractivity contribution in [3.63, 3.8) is 0 Å². The average molecular weight is 609 g/mol. The zero-order valence-electron chi connectivity index (χ0n) is 27.8. The van der Waals surface area contributed by atoms with E-state index in [4.69, 9.17) is 14.2 Å². The number of hydrogen-bond acceptors (Lipinski definition) is 7. The second-order valence-corrected chi connectivity index (χ2v) is 13.8. The zero-order valence-corrected chi connectivity index (χ0v) is 27.8. The maximum Gasteiger partial charge on any atom is 0.253 e. The van der Waals surface area contributed by atoms with Crippen LogP contribution in [-0.2, 0) is 16.0 Å². The van der Waals surface area contributed by atoms with Crippen LogP contribution in [0.1, 0.15) is 93.0 Å². The molecule has 3 heterocycles. The smallest absolute Gasteiger partial charge is 0.253 e. The van der Waals surface area contributed by atoms with Gasteiger partial charge in [0.2, 0.25) is 0 Å². The second-order valence-electron chi connectivity index (χ2n) is 13.8. The number of aromatic nitrogens is 1. The van der Waals surface area contributed by atoms with E-state index in [0.29, 0.717) is 28.8 Å². The highest BCUT2D eigenvalue weighted by molar-refractivity contribution is 5.97. The Bertz CT molecular complexity index is 1370. The van der Waals surface area contributed by atoms with Crippen molar-refractivity contribution in [3.05, 3.63) is 56.5 Å². The van der Waals surface area contributed by atoms with Crippen molar-refractivity contribution < 1.29 is 19.0 Å². The molecule has 2 aromatic rings. The fourth-order valence-corrected chi connectivity index (χ4v) is 7.38. The summed E-state index contributed by atoms with van der Waals surface area (Å²) in [6.07, 6.45) is 4.94. The van der Waals surface area contributed by atoms with Crippen LogP contribution in [0.2, 0.25) is 0 Å². The quantitative estimate of drug-likeness (QED) is 0.357. The molecule has 1 amide bonds. The fourth-order valence-electron chi connectivity index (χ4n) is 7.38. The minimum absolute atomic E-state index is 0.100. The van der Waals surface area contributed by atoms with Crippen LogP contribution in [0.3, 0.4) is 0 Å². The van der Waals surface area contributed by atoms with Crippen LogP contribution in [0.4, 0.5) is 5.69 Å². The minimum atomic E-state index is -0.223. The summed E-state index contributed by atoms with van der Waals surface area (Å²) >= 11 is 0. The Morgan fingerprint density at radius 2 is 1.61 bits per heavy atom. The summed E-state index contributed by atoms with van der Waals surface area (Å²) in [6.45, 7) is 18.6. The van der Waals surface area contributed by atoms with E-state index < -0.39 is 0 Å². The number of anilines is 1. The van der Waals surface area contributed by atoms with E-state index in [9.17, 15) is 9.59 Å². The van der Waals surface area contributed by atoms with Gasteiger partial charge in [-0.3, -0.25) is 14.5 Å². The topological polar surface area (TPSA) is 105 Å². The van der Waals surface area contributed by atoms with E-state index >= 15 is 0 Å². The minimum Gasteiger partial charge on any atom is -0.490 e. The molecule has 1 aromatic carbocycles. The van der Waals surface area contributed by atoms with Crippen molar-refractivity contribution in [3.8, 4) is 5.75 Å². The predicted octanol–water partition coefficient (Wildman–Crippen LogP) is 5.25. The van der Waals surface area contributed by atoms with Crippen molar-refractivity contribution in [2.45, 2.75) is 130 Å². The van der Waals surface area contributed by atoms with Crippen molar-refractivity contribution in [1.29, 1.82) is 0 Å². The molecule has 0 bridgehead atoms. The van der Waals surface area contributed by atoms with Gasteiger partial charge in [0.05, 0.1) is 24.4 Å². The Morgan fingerprint density at radius 3 is 2.25 bits per heavy atom. The predicted molar refractivity (Wildman–Crippen MR) is 174 cm³/mol. The lowest BCUT2D eigenvalue weighted by molar-refractivity contribution is -0.103. The van der Waals surface area contributed by atoms with Crippen molar-refractivity contribution >= 4 is 11.6 Å². The normalized spacial score (nSPS) is 29.9. The van der Waals surface area contributed by atoms with Crippen LogP contribution in [0.5, 0.6) is 5.75 Å². The summed E-state index contributed by atoms with van der Waals surface area (Å²) in [5, 5.41) is 6.74. The number of aromatic amines is 1. The molecule has 5 atom stereocenters. The first kappa shape index (κ1) is 32.5. The third kappa shape index (κ3) is 7.66. The summed E-state index contributed by atoms with van der Waals surface area (Å²) in [5.74, 6) is 0.928. The molecule has 0 spiro atoms. The van der Waals surface area contributed by atoms with Crippen molar-refractivity contribution in [2.24, 2.45) is 5.92 Å². The Kier molecular flexibility index (Phi) is 10.1. The van der Waals surface area contributed by atoms with Gasteiger partial charge in [-0.1, -0.05) is 0 Å². The van der Waals surface area contributed by atoms with E-state index in [1.54, 1.807) is 0 Å². The van der Waals surface area contributed by atoms with Crippen molar-refractivity contribution in [2.75, 3.05) is 18.4 Å². The van der Waals surface area contributed by atoms with Crippen LogP contribution >= 0.6 is 0 Å². The molecule has 5 unspecified atom stereocenters. The van der Waals surface area contributed by atoms with Crippen LogP contribution in [0.25, 0.3) is 0 Å². The van der Waals surface area contributed by atoms with Crippen LogP contribution in [0.15, 0.2) is 23.0 Å². The first-order chi connectivity index (χ1) is 20.9. The highest BCUT2D eigenvalue weighted by atomic mass is 16.5. The van der Waals surface area contributed by atoms with Crippen LogP contribution in [0, 0.1) is 26.7 Å². The molecule has 242 valence electrons. The number of pyridine rings is 1. The number of nitrogens with one attached hydrogen (secondary N) is 3. The number of amides is 1. The van der Waals surface area contributed by atoms with E-state index in [2.05, 4.69) is 61.2 Å². The van der Waals surface area contributed by atoms with E-state index in [-0.39, 0.29) is 54.6 Å². The van der Waals surface area contributed by atoms with E-state index in [1.165, 1.54) is 0 Å². The van der Waals surface area contributed by atoms with Crippen LogP contribution in [-0.4, -0.2) is 71.5 Å². The number of aryl methyl sites for hydroxylation is 2. The van der Waals surface area contributed by atoms with Gasteiger partial charge >= 0.3 is 0 Å². The number of carbonyl (C=O) groups is 1. The number of nitrogens with zero attached hydrogens (tertiary/aromatic N) is 1. The molecule has 44 heavy (non-hydrogen) atoms. The highest BCUT2D eigenvalue weighted by Gasteiger charge is 2.38. The van der Waals surface area contributed by atoms with Crippen LogP contribution < -0.4 is 20.9 Å². The third-order valence-corrected chi connectivity index (χ3v) is 9.71. The maximum absolute atomic E-state index is 13.7. The van der Waals surface area contributed by atoms with Gasteiger partial charge in [-0.15, -0.1) is 0 Å². The molecule has 3 N–H and O–H groups in total. The number of hydrogen-bond donors (Lipinski definition) is 3. The number of carbonyl (C=O) groups excluding carboxylic acids is 1. The standard InChI is InChI=1S/C35H52N4O5/c1-19-9-20(2)37-35(41)32(19)16-36-34(40)31-14-30(44-29-12-28(13-29)39-17-23(5)43-24(6)18-39)15-33(25(31)7)38-26(8)27-10-21(3)42-22(4)11-27/h9,14-15,21-24,26-29,38H,10-13,16-18H2,1-8H3,(H,36,40)(H,37,41).